The van der Waals surface area contributed by atoms with E-state index in [1.165, 1.54) is 21.7 Å². The fourth-order valence-electron chi connectivity index (χ4n) is 3.33. The molecule has 1 unspecified atom stereocenters. The van der Waals surface area contributed by atoms with Crippen molar-refractivity contribution in [2.45, 2.75) is 31.6 Å². The number of sulfonamides is 1. The number of nitrogens with zero attached hydrogens (tertiary/aromatic N) is 2. The quantitative estimate of drug-likeness (QED) is 0.571. The number of unbranched alkanes of at least 4 members (excludes halogenated alkanes) is 1. The highest BCUT2D eigenvalue weighted by Gasteiger charge is 2.32. The highest BCUT2D eigenvalue weighted by molar-refractivity contribution is 7.93. The van der Waals surface area contributed by atoms with E-state index in [0.29, 0.717) is 17.1 Å². The minimum atomic E-state index is -3.91. The van der Waals surface area contributed by atoms with Crippen molar-refractivity contribution in [3.05, 3.63) is 59.7 Å². The zero-order valence-electron chi connectivity index (χ0n) is 16.5. The molecule has 3 aromatic rings. The van der Waals surface area contributed by atoms with E-state index in [-0.39, 0.29) is 10.7 Å². The van der Waals surface area contributed by atoms with Gasteiger partial charge >= 0.3 is 11.3 Å². The normalized spacial score (nSPS) is 16.5. The van der Waals surface area contributed by atoms with Crippen LogP contribution in [0.4, 0.5) is 5.00 Å². The molecule has 10 heteroatoms. The highest BCUT2D eigenvalue weighted by Crippen LogP contribution is 2.40. The van der Waals surface area contributed by atoms with Gasteiger partial charge in [0.25, 0.3) is 10.0 Å². The maximum Gasteiger partial charge on any atom is 0.309 e. The summed E-state index contributed by atoms with van der Waals surface area (Å²) in [6, 6.07) is 14.5. The number of aryl methyl sites for hydroxylation is 1. The van der Waals surface area contributed by atoms with Crippen LogP contribution in [0.25, 0.3) is 10.1 Å². The zero-order chi connectivity index (χ0) is 21.3. The Morgan fingerprint density at radius 1 is 1.17 bits per heavy atom. The van der Waals surface area contributed by atoms with E-state index in [0.717, 1.165) is 28.5 Å². The molecule has 0 aliphatic carbocycles. The van der Waals surface area contributed by atoms with Crippen LogP contribution in [-0.2, 0) is 25.6 Å². The molecule has 2 heterocycles. The van der Waals surface area contributed by atoms with Gasteiger partial charge in [0, 0.05) is 16.8 Å². The number of hydrogen-bond donors (Lipinski definition) is 1. The lowest BCUT2D eigenvalue weighted by Gasteiger charge is -2.25. The number of benzene rings is 2. The van der Waals surface area contributed by atoms with E-state index < -0.39 is 21.3 Å². The molecule has 1 aliphatic rings. The molecule has 30 heavy (non-hydrogen) atoms. The van der Waals surface area contributed by atoms with Gasteiger partial charge in [-0.2, -0.15) is 4.28 Å². The van der Waals surface area contributed by atoms with Crippen LogP contribution in [0.5, 0.6) is 0 Å². The fraction of sp³-hybridized carbons (Fsp3) is 0.250. The number of hydrogen-bond acceptors (Lipinski definition) is 6. The number of hydroxylamine groups is 1. The van der Waals surface area contributed by atoms with E-state index in [9.17, 15) is 12.6 Å². The number of amidine groups is 1. The van der Waals surface area contributed by atoms with Gasteiger partial charge in [-0.15, -0.1) is 15.7 Å². The van der Waals surface area contributed by atoms with Gasteiger partial charge in [0.05, 0.1) is 4.90 Å². The molecule has 4 rings (SSSR count). The summed E-state index contributed by atoms with van der Waals surface area (Å²) in [4.78, 5) is 0.0895. The van der Waals surface area contributed by atoms with Crippen molar-refractivity contribution in [2.24, 2.45) is 4.40 Å². The number of anilines is 1. The van der Waals surface area contributed by atoms with Gasteiger partial charge in [0.1, 0.15) is 5.00 Å². The molecule has 0 bridgehead atoms. The first kappa shape index (κ1) is 21.0. The molecule has 1 aliphatic heterocycles. The third-order valence-corrected chi connectivity index (χ3v) is 8.67. The van der Waals surface area contributed by atoms with Crippen molar-refractivity contribution in [1.29, 1.82) is 0 Å². The van der Waals surface area contributed by atoms with Crippen LogP contribution < -0.4 is 9.79 Å². The largest absolute Gasteiger partial charge is 0.309 e. The molecule has 2 aromatic carbocycles. The lowest BCUT2D eigenvalue weighted by atomic mass is 10.2. The van der Waals surface area contributed by atoms with E-state index in [1.807, 2.05) is 38.1 Å². The third-order valence-electron chi connectivity index (χ3n) is 4.85. The van der Waals surface area contributed by atoms with Gasteiger partial charge < -0.3 is 0 Å². The maximum absolute atomic E-state index is 13.9. The monoisotopic (exact) mass is 463 g/mol. The second-order valence-corrected chi connectivity index (χ2v) is 10.4. The summed E-state index contributed by atoms with van der Waals surface area (Å²) in [6.45, 7) is 4.34. The Labute approximate surface area is 182 Å². The third kappa shape index (κ3) is 3.76. The summed E-state index contributed by atoms with van der Waals surface area (Å²) in [5.41, 5.74) is 3.72. The first-order chi connectivity index (χ1) is 14.4. The van der Waals surface area contributed by atoms with E-state index in [4.69, 9.17) is 4.28 Å². The molecule has 1 N–H and O–H groups in total. The van der Waals surface area contributed by atoms with Crippen molar-refractivity contribution < 1.29 is 16.9 Å². The Balaban J connectivity index is 1.87. The molecule has 0 amide bonds. The molecule has 0 saturated heterocycles. The standard InChI is InChI=1S/C20H21N3O4S3/c1-3-4-13-23(20-14(2)15-9-5-7-11-17(15)28-20)30(25,26)18-12-8-6-10-16(18)19-21-27-29(24)22-19/h5-12H,3-4,13H2,1-2H3,(H,21,22). The van der Waals surface area contributed by atoms with Crippen molar-refractivity contribution in [1.82, 2.24) is 5.48 Å². The van der Waals surface area contributed by atoms with Gasteiger partial charge in [-0.1, -0.05) is 43.7 Å². The van der Waals surface area contributed by atoms with Crippen LogP contribution in [0.3, 0.4) is 0 Å². The summed E-state index contributed by atoms with van der Waals surface area (Å²) in [6.07, 6.45) is 1.58. The van der Waals surface area contributed by atoms with Crippen LogP contribution in [0.2, 0.25) is 0 Å². The van der Waals surface area contributed by atoms with E-state index in [1.54, 1.807) is 18.2 Å². The van der Waals surface area contributed by atoms with Crippen LogP contribution in [-0.4, -0.2) is 25.0 Å². The summed E-state index contributed by atoms with van der Waals surface area (Å²) in [5, 5.41) is 1.76. The van der Waals surface area contributed by atoms with Gasteiger partial charge in [0.15, 0.2) is 5.84 Å². The Hall–Kier alpha value is -2.27. The minimum Gasteiger partial charge on any atom is -0.257 e. The van der Waals surface area contributed by atoms with E-state index >= 15 is 0 Å². The molecular formula is C20H21N3O4S3. The van der Waals surface area contributed by atoms with Gasteiger partial charge in [-0.25, -0.2) is 18.1 Å². The molecule has 158 valence electrons. The maximum atomic E-state index is 13.9. The number of nitrogens with one attached hydrogen (secondary N) is 1. The number of rotatable bonds is 7. The molecule has 0 radical (unpaired) electrons. The summed E-state index contributed by atoms with van der Waals surface area (Å²) >= 11 is -0.414. The lowest BCUT2D eigenvalue weighted by molar-refractivity contribution is 0.305. The zero-order valence-corrected chi connectivity index (χ0v) is 18.9. The number of fused-ring (bicyclic) bond motifs is 1. The predicted molar refractivity (Wildman–Crippen MR) is 121 cm³/mol. The smallest absolute Gasteiger partial charge is 0.257 e. The van der Waals surface area contributed by atoms with Gasteiger partial charge in [-0.3, -0.25) is 4.31 Å². The van der Waals surface area contributed by atoms with Crippen LogP contribution >= 0.6 is 11.3 Å². The van der Waals surface area contributed by atoms with Crippen molar-refractivity contribution in [2.75, 3.05) is 10.8 Å². The summed E-state index contributed by atoms with van der Waals surface area (Å²) < 4.78 is 50.4. The van der Waals surface area contributed by atoms with Gasteiger partial charge in [-0.05, 0) is 42.5 Å². The number of thiophene rings is 1. The molecule has 0 saturated carbocycles. The average Bonchev–Trinajstić information content (AvgIpc) is 3.32. The topological polar surface area (TPSA) is 88.1 Å². The second kappa shape index (κ2) is 8.46. The van der Waals surface area contributed by atoms with Crippen molar-refractivity contribution >= 4 is 53.5 Å². The minimum absolute atomic E-state index is 0.0895. The fourth-order valence-corrected chi connectivity index (χ4v) is 7.00. The Morgan fingerprint density at radius 2 is 1.90 bits per heavy atom. The second-order valence-electron chi connectivity index (χ2n) is 6.80. The first-order valence-electron chi connectivity index (χ1n) is 9.47. The summed E-state index contributed by atoms with van der Waals surface area (Å²) in [5.74, 6) is 0.135. The van der Waals surface area contributed by atoms with Gasteiger partial charge in [0.2, 0.25) is 0 Å². The van der Waals surface area contributed by atoms with E-state index in [2.05, 4.69) is 9.88 Å². The molecule has 1 atom stereocenters. The molecule has 0 fully saturated rings. The van der Waals surface area contributed by atoms with Crippen LogP contribution in [0, 0.1) is 6.92 Å². The first-order valence-corrected chi connectivity index (χ1v) is 12.8. The van der Waals surface area contributed by atoms with Crippen LogP contribution in [0.1, 0.15) is 30.9 Å². The van der Waals surface area contributed by atoms with Crippen molar-refractivity contribution in [3.8, 4) is 0 Å². The Morgan fingerprint density at radius 3 is 2.60 bits per heavy atom. The lowest BCUT2D eigenvalue weighted by Crippen LogP contribution is -2.33. The summed E-state index contributed by atoms with van der Waals surface area (Å²) in [7, 11) is -3.91. The van der Waals surface area contributed by atoms with Crippen molar-refractivity contribution in [3.63, 3.8) is 0 Å². The molecule has 1 aromatic heterocycles. The molecular weight excluding hydrogens is 442 g/mol. The SMILES string of the molecule is CCCCN(c1sc2ccccc2c1C)S(=O)(=O)c1ccccc1C1=NS(=O)ON1. The molecule has 0 spiro atoms. The highest BCUT2D eigenvalue weighted by atomic mass is 32.2. The average molecular weight is 464 g/mol. The molecule has 7 nitrogen and oxygen atoms in total. The van der Waals surface area contributed by atoms with Crippen LogP contribution in [0.15, 0.2) is 57.8 Å². The predicted octanol–water partition coefficient (Wildman–Crippen LogP) is 4.07. The Kier molecular flexibility index (Phi) is 5.92. The Bertz CT molecular complexity index is 1250.